The van der Waals surface area contributed by atoms with Crippen LogP contribution in [0.4, 0.5) is 4.39 Å². The third-order valence-corrected chi connectivity index (χ3v) is 3.11. The number of carbonyl (C=O) groups is 1. The molecule has 0 spiro atoms. The molecule has 0 fully saturated rings. The van der Waals surface area contributed by atoms with Crippen LogP contribution in [0.15, 0.2) is 59.2 Å². The second-order valence-electron chi connectivity index (χ2n) is 4.62. The van der Waals surface area contributed by atoms with Crippen molar-refractivity contribution < 1.29 is 18.7 Å². The molecule has 3 rings (SSSR count). The fourth-order valence-electron chi connectivity index (χ4n) is 2.01. The van der Waals surface area contributed by atoms with Gasteiger partial charge < -0.3 is 9.47 Å². The van der Waals surface area contributed by atoms with E-state index >= 15 is 0 Å². The summed E-state index contributed by atoms with van der Waals surface area (Å²) in [6.45, 7) is 0. The summed E-state index contributed by atoms with van der Waals surface area (Å²) in [4.78, 5) is 16.0. The minimum absolute atomic E-state index is 0.101. The van der Waals surface area contributed by atoms with Crippen molar-refractivity contribution in [1.29, 1.82) is 0 Å². The van der Waals surface area contributed by atoms with Gasteiger partial charge in [-0.2, -0.15) is 0 Å². The minimum Gasteiger partial charge on any atom is -0.497 e. The fraction of sp³-hybridized carbons (Fsp3) is 0.0588. The van der Waals surface area contributed by atoms with Crippen LogP contribution in [0.3, 0.4) is 0 Å². The van der Waals surface area contributed by atoms with Crippen LogP contribution >= 0.6 is 0 Å². The molecule has 1 aliphatic rings. The molecule has 0 atom stereocenters. The van der Waals surface area contributed by atoms with Gasteiger partial charge in [0.25, 0.3) is 0 Å². The summed E-state index contributed by atoms with van der Waals surface area (Å²) >= 11 is 0. The van der Waals surface area contributed by atoms with Gasteiger partial charge in [-0.05, 0) is 42.0 Å². The topological polar surface area (TPSA) is 47.9 Å². The number of halogens is 1. The zero-order valence-electron chi connectivity index (χ0n) is 11.7. The Labute approximate surface area is 126 Å². The van der Waals surface area contributed by atoms with E-state index in [9.17, 15) is 9.18 Å². The number of methoxy groups -OCH3 is 1. The number of hydrogen-bond acceptors (Lipinski definition) is 4. The average molecular weight is 297 g/mol. The Hall–Kier alpha value is -2.95. The predicted octanol–water partition coefficient (Wildman–Crippen LogP) is 3.18. The molecule has 0 aromatic heterocycles. The average Bonchev–Trinajstić information content (AvgIpc) is 2.89. The molecule has 0 N–H and O–H groups in total. The van der Waals surface area contributed by atoms with Crippen LogP contribution in [-0.2, 0) is 9.53 Å². The monoisotopic (exact) mass is 297 g/mol. The van der Waals surface area contributed by atoms with Crippen molar-refractivity contribution in [2.75, 3.05) is 7.11 Å². The Bertz CT molecular complexity index is 779. The second kappa shape index (κ2) is 5.81. The van der Waals surface area contributed by atoms with E-state index in [-0.39, 0.29) is 11.6 Å². The number of aliphatic imine (C=N–C) groups is 1. The molecular weight excluding hydrogens is 285 g/mol. The molecule has 0 radical (unpaired) electrons. The lowest BCUT2D eigenvalue weighted by Crippen LogP contribution is -2.05. The van der Waals surface area contributed by atoms with Crippen LogP contribution in [0.5, 0.6) is 5.75 Å². The summed E-state index contributed by atoms with van der Waals surface area (Å²) in [6, 6.07) is 12.9. The first kappa shape index (κ1) is 14.0. The van der Waals surface area contributed by atoms with Gasteiger partial charge >= 0.3 is 5.97 Å². The zero-order chi connectivity index (χ0) is 15.5. The van der Waals surface area contributed by atoms with E-state index in [0.717, 1.165) is 11.3 Å². The maximum Gasteiger partial charge on any atom is 0.363 e. The smallest absolute Gasteiger partial charge is 0.363 e. The molecule has 2 aromatic carbocycles. The highest BCUT2D eigenvalue weighted by atomic mass is 19.1. The van der Waals surface area contributed by atoms with Gasteiger partial charge in [-0.25, -0.2) is 14.2 Å². The van der Waals surface area contributed by atoms with E-state index in [1.807, 2.05) is 0 Å². The SMILES string of the molecule is COc1ccc(C=C2N=C(c3cccc(F)c3)OC2=O)cc1. The Morgan fingerprint density at radius 3 is 2.64 bits per heavy atom. The van der Waals surface area contributed by atoms with Crippen LogP contribution in [0.25, 0.3) is 6.08 Å². The van der Waals surface area contributed by atoms with Crippen molar-refractivity contribution in [2.24, 2.45) is 4.99 Å². The molecule has 0 saturated carbocycles. The van der Waals surface area contributed by atoms with Gasteiger partial charge in [0.15, 0.2) is 5.70 Å². The van der Waals surface area contributed by atoms with Gasteiger partial charge in [0, 0.05) is 5.56 Å². The van der Waals surface area contributed by atoms with Gasteiger partial charge in [0.05, 0.1) is 7.11 Å². The van der Waals surface area contributed by atoms with Gasteiger partial charge in [-0.15, -0.1) is 0 Å². The summed E-state index contributed by atoms with van der Waals surface area (Å²) in [5.41, 5.74) is 1.38. The molecule has 4 nitrogen and oxygen atoms in total. The van der Waals surface area contributed by atoms with Crippen LogP contribution in [0, 0.1) is 5.82 Å². The zero-order valence-corrected chi connectivity index (χ0v) is 11.7. The van der Waals surface area contributed by atoms with Gasteiger partial charge in [0.1, 0.15) is 11.6 Å². The summed E-state index contributed by atoms with van der Waals surface area (Å²) in [6.07, 6.45) is 1.61. The summed E-state index contributed by atoms with van der Waals surface area (Å²) in [7, 11) is 1.58. The Morgan fingerprint density at radius 1 is 1.18 bits per heavy atom. The molecule has 5 heteroatoms. The summed E-state index contributed by atoms with van der Waals surface area (Å²) < 4.78 is 23.4. The lowest BCUT2D eigenvalue weighted by Gasteiger charge is -1.99. The maximum atomic E-state index is 13.2. The number of rotatable bonds is 3. The van der Waals surface area contributed by atoms with E-state index in [2.05, 4.69) is 4.99 Å². The van der Waals surface area contributed by atoms with Crippen LogP contribution in [0.1, 0.15) is 11.1 Å². The molecule has 22 heavy (non-hydrogen) atoms. The Balaban J connectivity index is 1.90. The highest BCUT2D eigenvalue weighted by Crippen LogP contribution is 2.20. The molecule has 0 saturated heterocycles. The quantitative estimate of drug-likeness (QED) is 0.646. The molecule has 0 bridgehead atoms. The molecule has 0 unspecified atom stereocenters. The molecule has 110 valence electrons. The number of esters is 1. The number of benzene rings is 2. The normalized spacial score (nSPS) is 15.6. The Morgan fingerprint density at radius 2 is 1.95 bits per heavy atom. The van der Waals surface area contributed by atoms with E-state index < -0.39 is 11.8 Å². The number of nitrogens with zero attached hydrogens (tertiary/aromatic N) is 1. The van der Waals surface area contributed by atoms with E-state index in [1.165, 1.54) is 18.2 Å². The summed E-state index contributed by atoms with van der Waals surface area (Å²) in [5.74, 6) is -0.150. The van der Waals surface area contributed by atoms with Gasteiger partial charge in [-0.1, -0.05) is 18.2 Å². The van der Waals surface area contributed by atoms with E-state index in [4.69, 9.17) is 9.47 Å². The van der Waals surface area contributed by atoms with Gasteiger partial charge in [0.2, 0.25) is 5.90 Å². The summed E-state index contributed by atoms with van der Waals surface area (Å²) in [5, 5.41) is 0. The van der Waals surface area contributed by atoms with Crippen molar-refractivity contribution in [2.45, 2.75) is 0 Å². The lowest BCUT2D eigenvalue weighted by molar-refractivity contribution is -0.129. The largest absolute Gasteiger partial charge is 0.497 e. The molecule has 0 aliphatic carbocycles. The number of carbonyl (C=O) groups excluding carboxylic acids is 1. The Kier molecular flexibility index (Phi) is 3.70. The van der Waals surface area contributed by atoms with Crippen LogP contribution < -0.4 is 4.74 Å². The van der Waals surface area contributed by atoms with Gasteiger partial charge in [-0.3, -0.25) is 0 Å². The molecule has 1 heterocycles. The van der Waals surface area contributed by atoms with E-state index in [1.54, 1.807) is 43.5 Å². The molecule has 2 aromatic rings. The van der Waals surface area contributed by atoms with Crippen LogP contribution in [0.2, 0.25) is 0 Å². The van der Waals surface area contributed by atoms with Crippen molar-refractivity contribution in [3.05, 3.63) is 71.2 Å². The fourth-order valence-corrected chi connectivity index (χ4v) is 2.01. The van der Waals surface area contributed by atoms with Crippen molar-refractivity contribution in [3.63, 3.8) is 0 Å². The van der Waals surface area contributed by atoms with Crippen molar-refractivity contribution in [1.82, 2.24) is 0 Å². The number of cyclic esters (lactones) is 1. The highest BCUT2D eigenvalue weighted by molar-refractivity contribution is 6.12. The van der Waals surface area contributed by atoms with Crippen molar-refractivity contribution >= 4 is 17.9 Å². The predicted molar refractivity (Wildman–Crippen MR) is 80.0 cm³/mol. The number of ether oxygens (including phenoxy) is 2. The van der Waals surface area contributed by atoms with Crippen molar-refractivity contribution in [3.8, 4) is 5.75 Å². The first-order chi connectivity index (χ1) is 10.7. The lowest BCUT2D eigenvalue weighted by atomic mass is 10.2. The van der Waals surface area contributed by atoms with E-state index in [0.29, 0.717) is 5.56 Å². The maximum absolute atomic E-state index is 13.2. The third-order valence-electron chi connectivity index (χ3n) is 3.11. The highest BCUT2D eigenvalue weighted by Gasteiger charge is 2.24. The first-order valence-electron chi connectivity index (χ1n) is 6.58. The molecule has 0 amide bonds. The number of hydrogen-bond donors (Lipinski definition) is 0. The molecule has 1 aliphatic heterocycles. The standard InChI is InChI=1S/C17H12FNO3/c1-21-14-7-5-11(6-8-14)9-15-17(20)22-16(19-15)12-3-2-4-13(18)10-12/h2-10H,1H3. The third kappa shape index (κ3) is 2.88. The minimum atomic E-state index is -0.560. The second-order valence-corrected chi connectivity index (χ2v) is 4.62. The molecular formula is C17H12FNO3. The van der Waals surface area contributed by atoms with Crippen LogP contribution in [-0.4, -0.2) is 19.0 Å². The first-order valence-corrected chi connectivity index (χ1v) is 6.58.